The van der Waals surface area contributed by atoms with Crippen LogP contribution in [0.3, 0.4) is 0 Å². The van der Waals surface area contributed by atoms with Gasteiger partial charge >= 0.3 is 0 Å². The number of aliphatic imine (C=N–C) groups is 2. The highest BCUT2D eigenvalue weighted by atomic mass is 16.3. The third kappa shape index (κ3) is 7.36. The first kappa shape index (κ1) is 40.3. The first-order valence-electron chi connectivity index (χ1n) is 22.7. The number of hydrogen-bond acceptors (Lipinski definition) is 3. The lowest BCUT2D eigenvalue weighted by atomic mass is 9.90. The van der Waals surface area contributed by atoms with Gasteiger partial charge in [0.1, 0.15) is 11.2 Å². The molecule has 0 unspecified atom stereocenters. The Labute approximate surface area is 393 Å². The molecule has 0 aliphatic rings. The number of furan rings is 1. The Bertz CT molecular complexity index is 3890. The highest BCUT2D eigenvalue weighted by Crippen LogP contribution is 2.43. The minimum atomic E-state index is 0.0855. The van der Waals surface area contributed by atoms with Gasteiger partial charge in [0.25, 0.3) is 0 Å². The molecule has 3 heterocycles. The SMILES string of the molecule is N=C(N=C(N=Cc1ccccc1)c1cc(-c2cc(-c3ccccc3)ccc2-c2ccccc2)cnc1-c1cccc2oc3cc4c(cc3c12)c1ccccc1n4-c1ccccc1)c1ccccc1. The molecule has 0 aliphatic heterocycles. The Morgan fingerprint density at radius 3 is 1.93 bits per heavy atom. The minimum Gasteiger partial charge on any atom is -0.456 e. The number of rotatable bonds is 8. The zero-order chi connectivity index (χ0) is 45.4. The molecule has 68 heavy (non-hydrogen) atoms. The average Bonchev–Trinajstić information content (AvgIpc) is 3.95. The van der Waals surface area contributed by atoms with Crippen LogP contribution in [-0.4, -0.2) is 27.4 Å². The van der Waals surface area contributed by atoms with Gasteiger partial charge in [-0.2, -0.15) is 0 Å². The van der Waals surface area contributed by atoms with E-state index in [1.807, 2.05) is 103 Å². The molecule has 0 atom stereocenters. The molecule has 1 N–H and O–H groups in total. The van der Waals surface area contributed by atoms with Gasteiger partial charge < -0.3 is 8.98 Å². The molecular weight excluding hydrogens is 831 g/mol. The zero-order valence-corrected chi connectivity index (χ0v) is 36.8. The van der Waals surface area contributed by atoms with Crippen molar-refractivity contribution in [3.05, 3.63) is 253 Å². The van der Waals surface area contributed by atoms with E-state index in [4.69, 9.17) is 19.4 Å². The van der Waals surface area contributed by atoms with Crippen LogP contribution in [0.5, 0.6) is 0 Å². The normalized spacial score (nSPS) is 11.9. The highest BCUT2D eigenvalue weighted by Gasteiger charge is 2.23. The van der Waals surface area contributed by atoms with Crippen molar-refractivity contribution >= 4 is 61.6 Å². The monoisotopic (exact) mass is 871 g/mol. The molecule has 0 aliphatic carbocycles. The molecule has 6 nitrogen and oxygen atoms in total. The van der Waals surface area contributed by atoms with Crippen LogP contribution in [0, 0.1) is 5.41 Å². The van der Waals surface area contributed by atoms with Crippen LogP contribution < -0.4 is 0 Å². The van der Waals surface area contributed by atoms with E-state index in [0.717, 1.165) is 93.9 Å². The lowest BCUT2D eigenvalue weighted by molar-refractivity contribution is 0.669. The molecule has 0 spiro atoms. The number of aromatic nitrogens is 2. The van der Waals surface area contributed by atoms with E-state index in [0.29, 0.717) is 22.7 Å². The molecule has 6 heteroatoms. The quantitative estimate of drug-likeness (QED) is 0.122. The second-order valence-electron chi connectivity index (χ2n) is 16.8. The van der Waals surface area contributed by atoms with E-state index in [-0.39, 0.29) is 5.84 Å². The van der Waals surface area contributed by atoms with Crippen LogP contribution in [0.1, 0.15) is 16.7 Å². The number of fused-ring (bicyclic) bond motifs is 6. The Hall–Kier alpha value is -9.26. The number of nitrogens with zero attached hydrogens (tertiary/aromatic N) is 4. The molecule has 0 amide bonds. The molecule has 3 aromatic heterocycles. The number of hydrogen-bond donors (Lipinski definition) is 1. The summed E-state index contributed by atoms with van der Waals surface area (Å²) >= 11 is 0. The van der Waals surface area contributed by atoms with Crippen LogP contribution in [0.15, 0.2) is 251 Å². The van der Waals surface area contributed by atoms with E-state index >= 15 is 0 Å². The van der Waals surface area contributed by atoms with Crippen molar-refractivity contribution in [2.24, 2.45) is 9.98 Å². The zero-order valence-electron chi connectivity index (χ0n) is 36.8. The second-order valence-corrected chi connectivity index (χ2v) is 16.8. The van der Waals surface area contributed by atoms with Gasteiger partial charge in [-0.1, -0.05) is 182 Å². The summed E-state index contributed by atoms with van der Waals surface area (Å²) in [5.74, 6) is 0.438. The summed E-state index contributed by atoms with van der Waals surface area (Å²) in [6.07, 6.45) is 3.77. The second kappa shape index (κ2) is 17.3. The molecule has 0 bridgehead atoms. The van der Waals surface area contributed by atoms with E-state index in [9.17, 15) is 5.41 Å². The number of nitrogens with one attached hydrogen (secondary N) is 1. The summed E-state index contributed by atoms with van der Waals surface area (Å²) in [4.78, 5) is 15.7. The van der Waals surface area contributed by atoms with Gasteiger partial charge in [-0.05, 0) is 75.8 Å². The van der Waals surface area contributed by atoms with Crippen LogP contribution >= 0.6 is 0 Å². The van der Waals surface area contributed by atoms with Crippen molar-refractivity contribution in [1.82, 2.24) is 9.55 Å². The molecule has 12 aromatic rings. The fraction of sp³-hybridized carbons (Fsp3) is 0. The molecule has 0 saturated heterocycles. The smallest absolute Gasteiger partial charge is 0.163 e. The van der Waals surface area contributed by atoms with E-state index in [1.165, 1.54) is 0 Å². The lowest BCUT2D eigenvalue weighted by Crippen LogP contribution is -2.08. The first-order valence-corrected chi connectivity index (χ1v) is 22.7. The molecule has 12 rings (SSSR count). The maximum absolute atomic E-state index is 9.38. The van der Waals surface area contributed by atoms with Gasteiger partial charge in [0.15, 0.2) is 11.7 Å². The Morgan fingerprint density at radius 1 is 0.485 bits per heavy atom. The van der Waals surface area contributed by atoms with Gasteiger partial charge in [-0.3, -0.25) is 10.4 Å². The summed E-state index contributed by atoms with van der Waals surface area (Å²) < 4.78 is 9.12. The largest absolute Gasteiger partial charge is 0.456 e. The average molecular weight is 872 g/mol. The molecule has 0 radical (unpaired) electrons. The summed E-state index contributed by atoms with van der Waals surface area (Å²) in [7, 11) is 0. The van der Waals surface area contributed by atoms with Gasteiger partial charge in [0.05, 0.1) is 16.7 Å². The Morgan fingerprint density at radius 2 is 1.16 bits per heavy atom. The molecule has 0 fully saturated rings. The summed E-state index contributed by atoms with van der Waals surface area (Å²) in [5, 5.41) is 13.6. The van der Waals surface area contributed by atoms with E-state index in [1.54, 1.807) is 0 Å². The summed E-state index contributed by atoms with van der Waals surface area (Å²) in [5.41, 5.74) is 14.8. The lowest BCUT2D eigenvalue weighted by Gasteiger charge is -2.16. The van der Waals surface area contributed by atoms with Gasteiger partial charge in [-0.15, -0.1) is 0 Å². The van der Waals surface area contributed by atoms with Crippen molar-refractivity contribution in [2.75, 3.05) is 0 Å². The number of para-hydroxylation sites is 2. The van der Waals surface area contributed by atoms with Crippen LogP contribution in [0.4, 0.5) is 0 Å². The fourth-order valence-electron chi connectivity index (χ4n) is 9.40. The van der Waals surface area contributed by atoms with Crippen molar-refractivity contribution in [1.29, 1.82) is 5.41 Å². The van der Waals surface area contributed by atoms with Crippen LogP contribution in [0.25, 0.3) is 94.1 Å². The topological polar surface area (TPSA) is 79.5 Å². The predicted octanol–water partition coefficient (Wildman–Crippen LogP) is 15.6. The maximum Gasteiger partial charge on any atom is 0.163 e. The van der Waals surface area contributed by atoms with E-state index in [2.05, 4.69) is 144 Å². The third-order valence-electron chi connectivity index (χ3n) is 12.6. The van der Waals surface area contributed by atoms with Gasteiger partial charge in [0.2, 0.25) is 0 Å². The van der Waals surface area contributed by atoms with Crippen molar-refractivity contribution in [3.63, 3.8) is 0 Å². The van der Waals surface area contributed by atoms with Gasteiger partial charge in [0, 0.05) is 68.0 Å². The molecule has 9 aromatic carbocycles. The summed E-state index contributed by atoms with van der Waals surface area (Å²) in [6, 6.07) is 78.8. The van der Waals surface area contributed by atoms with Crippen LogP contribution in [0.2, 0.25) is 0 Å². The first-order chi connectivity index (χ1) is 33.6. The molecular formula is C62H41N5O. The Kier molecular flexibility index (Phi) is 10.2. The van der Waals surface area contributed by atoms with Gasteiger partial charge in [-0.25, -0.2) is 9.98 Å². The maximum atomic E-state index is 9.38. The summed E-state index contributed by atoms with van der Waals surface area (Å²) in [6.45, 7) is 0. The standard InChI is InChI=1S/C62H41N5O/c63-61(44-25-12-4-13-26-44)66-62(65-39-41-19-6-1-7-20-41)54-36-46(51-35-45(42-21-8-2-9-22-42)33-34-48(51)43-23-10-3-11-24-43)40-64-60(54)50-30-18-32-57-59(50)53-37-52-49-29-16-17-31-55(49)67(47-27-14-5-15-28-47)56(52)38-58(53)68-57/h1-40,63H. The molecule has 0 saturated carbocycles. The van der Waals surface area contributed by atoms with Crippen molar-refractivity contribution in [3.8, 4) is 50.3 Å². The minimum absolute atomic E-state index is 0.0855. The Balaban J connectivity index is 1.14. The highest BCUT2D eigenvalue weighted by molar-refractivity contribution is 6.22. The number of benzene rings is 9. The number of amidine groups is 2. The van der Waals surface area contributed by atoms with Crippen molar-refractivity contribution < 1.29 is 4.42 Å². The third-order valence-corrected chi connectivity index (χ3v) is 12.6. The number of pyridine rings is 1. The molecule has 320 valence electrons. The fourth-order valence-corrected chi connectivity index (χ4v) is 9.40. The van der Waals surface area contributed by atoms with E-state index < -0.39 is 0 Å². The van der Waals surface area contributed by atoms with Crippen LogP contribution in [-0.2, 0) is 0 Å². The predicted molar refractivity (Wildman–Crippen MR) is 281 cm³/mol. The van der Waals surface area contributed by atoms with Crippen molar-refractivity contribution in [2.45, 2.75) is 0 Å².